The van der Waals surface area contributed by atoms with E-state index < -0.39 is 0 Å². The number of Topliss-reactive ketones (excluding diaryl/α,β-unsaturated/α-hetero) is 1. The fourth-order valence-corrected chi connectivity index (χ4v) is 2.21. The number of carbonyl (C=O) groups is 1. The van der Waals surface area contributed by atoms with Gasteiger partial charge in [-0.3, -0.25) is 4.79 Å². The number of rotatable bonds is 3. The summed E-state index contributed by atoms with van der Waals surface area (Å²) >= 11 is 0. The van der Waals surface area contributed by atoms with E-state index in [2.05, 4.69) is 0 Å². The van der Waals surface area contributed by atoms with Gasteiger partial charge in [-0.05, 0) is 24.6 Å². The van der Waals surface area contributed by atoms with Crippen molar-refractivity contribution in [3.05, 3.63) is 23.3 Å². The Balaban J connectivity index is 2.38. The van der Waals surface area contributed by atoms with Crippen molar-refractivity contribution >= 4 is 5.78 Å². The monoisotopic (exact) mass is 250 g/mol. The summed E-state index contributed by atoms with van der Waals surface area (Å²) in [5.74, 6) is 1.76. The molecule has 1 aliphatic heterocycles. The maximum atomic E-state index is 11.5. The summed E-state index contributed by atoms with van der Waals surface area (Å²) in [7, 11) is 3.25. The third kappa shape index (κ3) is 2.48. The Hall–Kier alpha value is -1.55. The first-order valence-corrected chi connectivity index (χ1v) is 6.01. The zero-order valence-electron chi connectivity index (χ0n) is 11.0. The number of ketones is 1. The highest BCUT2D eigenvalue weighted by Crippen LogP contribution is 2.37. The number of hydrogen-bond acceptors (Lipinski definition) is 4. The minimum atomic E-state index is -0.226. The zero-order chi connectivity index (χ0) is 13.1. The van der Waals surface area contributed by atoms with Gasteiger partial charge in [-0.1, -0.05) is 0 Å². The molecule has 2 rings (SSSR count). The van der Waals surface area contributed by atoms with Gasteiger partial charge in [0.2, 0.25) is 0 Å². The summed E-state index contributed by atoms with van der Waals surface area (Å²) < 4.78 is 16.3. The first-order chi connectivity index (χ1) is 8.65. The molecule has 1 unspecified atom stereocenters. The summed E-state index contributed by atoms with van der Waals surface area (Å²) in [4.78, 5) is 11.5. The van der Waals surface area contributed by atoms with Gasteiger partial charge in [0, 0.05) is 18.4 Å². The van der Waals surface area contributed by atoms with Crippen LogP contribution in [0.2, 0.25) is 0 Å². The van der Waals surface area contributed by atoms with E-state index in [1.807, 2.05) is 19.1 Å². The Bertz CT molecular complexity index is 453. The Morgan fingerprint density at radius 2 is 1.94 bits per heavy atom. The predicted octanol–water partition coefficient (Wildman–Crippen LogP) is 2.43. The molecule has 98 valence electrons. The average Bonchev–Trinajstić information content (AvgIpc) is 2.38. The molecule has 1 aromatic rings. The third-order valence-corrected chi connectivity index (χ3v) is 3.21. The van der Waals surface area contributed by atoms with E-state index in [4.69, 9.17) is 14.2 Å². The molecule has 1 saturated heterocycles. The van der Waals surface area contributed by atoms with E-state index >= 15 is 0 Å². The van der Waals surface area contributed by atoms with E-state index in [0.717, 1.165) is 22.6 Å². The molecule has 4 nitrogen and oxygen atoms in total. The van der Waals surface area contributed by atoms with Crippen LogP contribution >= 0.6 is 0 Å². The second kappa shape index (κ2) is 5.40. The van der Waals surface area contributed by atoms with Crippen molar-refractivity contribution in [3.8, 4) is 11.5 Å². The van der Waals surface area contributed by atoms with Gasteiger partial charge >= 0.3 is 0 Å². The number of carbonyl (C=O) groups excluding carboxylic acids is 1. The molecule has 0 bridgehead atoms. The van der Waals surface area contributed by atoms with Crippen LogP contribution in [0.4, 0.5) is 0 Å². The molecule has 4 heteroatoms. The Labute approximate surface area is 107 Å². The van der Waals surface area contributed by atoms with Gasteiger partial charge in [0.25, 0.3) is 0 Å². The van der Waals surface area contributed by atoms with Gasteiger partial charge in [-0.25, -0.2) is 0 Å². The Morgan fingerprint density at radius 1 is 1.22 bits per heavy atom. The van der Waals surface area contributed by atoms with Crippen LogP contribution in [0.3, 0.4) is 0 Å². The molecule has 1 aromatic carbocycles. The van der Waals surface area contributed by atoms with Crippen LogP contribution in [-0.4, -0.2) is 26.6 Å². The minimum absolute atomic E-state index is 0.226. The van der Waals surface area contributed by atoms with Crippen molar-refractivity contribution in [2.24, 2.45) is 0 Å². The maximum absolute atomic E-state index is 11.5. The van der Waals surface area contributed by atoms with Crippen LogP contribution in [0.25, 0.3) is 0 Å². The SMILES string of the molecule is COc1cc(C2CC(=O)CCO2)c(OC)cc1C. The summed E-state index contributed by atoms with van der Waals surface area (Å²) in [6.07, 6.45) is 0.681. The van der Waals surface area contributed by atoms with Crippen LogP contribution in [-0.2, 0) is 9.53 Å². The van der Waals surface area contributed by atoms with E-state index in [1.54, 1.807) is 14.2 Å². The highest BCUT2D eigenvalue weighted by molar-refractivity contribution is 5.80. The molecule has 1 aliphatic rings. The number of methoxy groups -OCH3 is 2. The number of hydrogen-bond donors (Lipinski definition) is 0. The largest absolute Gasteiger partial charge is 0.496 e. The maximum Gasteiger partial charge on any atom is 0.138 e. The molecule has 0 radical (unpaired) electrons. The van der Waals surface area contributed by atoms with E-state index in [0.29, 0.717) is 19.4 Å². The highest BCUT2D eigenvalue weighted by Gasteiger charge is 2.25. The van der Waals surface area contributed by atoms with Crippen LogP contribution < -0.4 is 9.47 Å². The Kier molecular flexibility index (Phi) is 3.87. The highest BCUT2D eigenvalue weighted by atomic mass is 16.5. The van der Waals surface area contributed by atoms with E-state index in [1.165, 1.54) is 0 Å². The smallest absolute Gasteiger partial charge is 0.138 e. The predicted molar refractivity (Wildman–Crippen MR) is 67.2 cm³/mol. The topological polar surface area (TPSA) is 44.8 Å². The van der Waals surface area contributed by atoms with Crippen LogP contribution in [0.1, 0.15) is 30.1 Å². The van der Waals surface area contributed by atoms with E-state index in [-0.39, 0.29) is 11.9 Å². The lowest BCUT2D eigenvalue weighted by atomic mass is 9.98. The number of aryl methyl sites for hydroxylation is 1. The molecular formula is C14H18O4. The normalized spacial score (nSPS) is 19.7. The summed E-state index contributed by atoms with van der Waals surface area (Å²) in [5, 5.41) is 0. The molecule has 1 heterocycles. The molecule has 0 aliphatic carbocycles. The molecule has 0 aromatic heterocycles. The Morgan fingerprint density at radius 3 is 2.56 bits per heavy atom. The van der Waals surface area contributed by atoms with Crippen molar-refractivity contribution in [2.45, 2.75) is 25.9 Å². The molecule has 1 fully saturated rings. The molecule has 0 saturated carbocycles. The third-order valence-electron chi connectivity index (χ3n) is 3.21. The van der Waals surface area contributed by atoms with Gasteiger partial charge in [0.05, 0.1) is 26.9 Å². The van der Waals surface area contributed by atoms with Crippen molar-refractivity contribution < 1.29 is 19.0 Å². The summed E-state index contributed by atoms with van der Waals surface area (Å²) in [6, 6.07) is 3.81. The fourth-order valence-electron chi connectivity index (χ4n) is 2.21. The molecule has 1 atom stereocenters. The molecular weight excluding hydrogens is 232 g/mol. The van der Waals surface area contributed by atoms with Crippen molar-refractivity contribution in [2.75, 3.05) is 20.8 Å². The average molecular weight is 250 g/mol. The molecule has 0 spiro atoms. The second-order valence-corrected chi connectivity index (χ2v) is 4.42. The van der Waals surface area contributed by atoms with Crippen molar-refractivity contribution in [1.82, 2.24) is 0 Å². The van der Waals surface area contributed by atoms with Crippen LogP contribution in [0.5, 0.6) is 11.5 Å². The summed E-state index contributed by atoms with van der Waals surface area (Å²) in [6.45, 7) is 2.43. The lowest BCUT2D eigenvalue weighted by Crippen LogP contribution is -2.20. The summed E-state index contributed by atoms with van der Waals surface area (Å²) in [5.41, 5.74) is 1.88. The fraction of sp³-hybridized carbons (Fsp3) is 0.500. The lowest BCUT2D eigenvalue weighted by molar-refractivity contribution is -0.128. The van der Waals surface area contributed by atoms with Gasteiger partial charge in [-0.2, -0.15) is 0 Å². The quantitative estimate of drug-likeness (QED) is 0.826. The number of benzene rings is 1. The standard InChI is InChI=1S/C14H18O4/c1-9-6-13(17-3)11(8-12(9)16-2)14-7-10(15)4-5-18-14/h6,8,14H,4-5,7H2,1-3H3. The number of ether oxygens (including phenoxy) is 3. The van der Waals surface area contributed by atoms with Crippen molar-refractivity contribution in [3.63, 3.8) is 0 Å². The van der Waals surface area contributed by atoms with Crippen LogP contribution in [0, 0.1) is 6.92 Å². The molecule has 0 N–H and O–H groups in total. The first-order valence-electron chi connectivity index (χ1n) is 6.01. The first kappa shape index (κ1) is 12.9. The van der Waals surface area contributed by atoms with Gasteiger partial charge in [0.15, 0.2) is 0 Å². The van der Waals surface area contributed by atoms with Crippen LogP contribution in [0.15, 0.2) is 12.1 Å². The van der Waals surface area contributed by atoms with Gasteiger partial charge in [0.1, 0.15) is 17.3 Å². The molecule has 18 heavy (non-hydrogen) atoms. The second-order valence-electron chi connectivity index (χ2n) is 4.42. The zero-order valence-corrected chi connectivity index (χ0v) is 11.0. The van der Waals surface area contributed by atoms with Gasteiger partial charge < -0.3 is 14.2 Å². The van der Waals surface area contributed by atoms with E-state index in [9.17, 15) is 4.79 Å². The lowest BCUT2D eigenvalue weighted by Gasteiger charge is -2.24. The minimum Gasteiger partial charge on any atom is -0.496 e. The van der Waals surface area contributed by atoms with Gasteiger partial charge in [-0.15, -0.1) is 0 Å². The molecule has 0 amide bonds. The van der Waals surface area contributed by atoms with Crippen molar-refractivity contribution in [1.29, 1.82) is 0 Å².